The van der Waals surface area contributed by atoms with Gasteiger partial charge in [0.2, 0.25) is 11.1 Å². The van der Waals surface area contributed by atoms with Crippen LogP contribution in [0.1, 0.15) is 30.0 Å². The molecule has 0 aliphatic carbocycles. The zero-order valence-electron chi connectivity index (χ0n) is 17.4. The highest BCUT2D eigenvalue weighted by atomic mass is 35.5. The van der Waals surface area contributed by atoms with Crippen LogP contribution in [0.4, 0.5) is 5.69 Å². The molecule has 0 radical (unpaired) electrons. The third-order valence-corrected chi connectivity index (χ3v) is 4.77. The summed E-state index contributed by atoms with van der Waals surface area (Å²) in [7, 11) is 0. The van der Waals surface area contributed by atoms with Crippen LogP contribution in [-0.2, 0) is 9.53 Å². The summed E-state index contributed by atoms with van der Waals surface area (Å²) in [5, 5.41) is 4.70. The first-order valence-electron chi connectivity index (χ1n) is 9.69. The first kappa shape index (κ1) is 22.2. The summed E-state index contributed by atoms with van der Waals surface area (Å²) >= 11 is 5.92. The number of aromatic nitrogens is 2. The van der Waals surface area contributed by atoms with Crippen molar-refractivity contribution in [2.45, 2.75) is 26.8 Å². The Morgan fingerprint density at radius 2 is 1.74 bits per heavy atom. The maximum atomic E-state index is 12.7. The van der Waals surface area contributed by atoms with E-state index < -0.39 is 29.6 Å². The number of hydrogen-bond acceptors (Lipinski definition) is 5. The Kier molecular flexibility index (Phi) is 6.87. The molecule has 31 heavy (non-hydrogen) atoms. The van der Waals surface area contributed by atoms with Crippen LogP contribution in [0.5, 0.6) is 0 Å². The summed E-state index contributed by atoms with van der Waals surface area (Å²) in [6, 6.07) is 17.0. The van der Waals surface area contributed by atoms with E-state index in [0.717, 1.165) is 0 Å². The van der Waals surface area contributed by atoms with Gasteiger partial charge in [0, 0.05) is 28.5 Å². The van der Waals surface area contributed by atoms with Gasteiger partial charge in [0.15, 0.2) is 6.61 Å². The number of benzene rings is 2. The monoisotopic (exact) mass is 439 g/mol. The van der Waals surface area contributed by atoms with Gasteiger partial charge in [-0.1, -0.05) is 29.8 Å². The van der Waals surface area contributed by atoms with Gasteiger partial charge in [-0.2, -0.15) is 5.10 Å². The smallest absolute Gasteiger partial charge is 0.363 e. The number of ether oxygens (including phenoxy) is 1. The number of amides is 1. The van der Waals surface area contributed by atoms with Crippen molar-refractivity contribution in [2.75, 3.05) is 11.5 Å². The summed E-state index contributed by atoms with van der Waals surface area (Å²) in [5.74, 6) is -1.36. The number of hydrogen-bond donors (Lipinski definition) is 0. The Morgan fingerprint density at radius 1 is 1.10 bits per heavy atom. The van der Waals surface area contributed by atoms with E-state index in [4.69, 9.17) is 16.3 Å². The molecule has 0 aliphatic rings. The quantitative estimate of drug-likeness (QED) is 0.546. The maximum absolute atomic E-state index is 12.7. The molecule has 8 heteroatoms. The molecular formula is C23H22ClN3O4. The Labute approximate surface area is 184 Å². The van der Waals surface area contributed by atoms with Crippen molar-refractivity contribution in [3.63, 3.8) is 0 Å². The summed E-state index contributed by atoms with van der Waals surface area (Å²) in [6.45, 7) is 4.90. The fraction of sp³-hybridized carbons (Fsp3) is 0.217. The second-order valence-corrected chi connectivity index (χ2v) is 7.59. The largest absolute Gasteiger partial charge is 0.451 e. The summed E-state index contributed by atoms with van der Waals surface area (Å²) < 4.78 is 6.59. The van der Waals surface area contributed by atoms with Gasteiger partial charge in [0.05, 0.1) is 5.69 Å². The fourth-order valence-electron chi connectivity index (χ4n) is 3.12. The predicted molar refractivity (Wildman–Crippen MR) is 119 cm³/mol. The molecule has 2 aromatic carbocycles. The molecular weight excluding hydrogens is 418 g/mol. The Hall–Kier alpha value is -3.45. The molecule has 1 aromatic heterocycles. The van der Waals surface area contributed by atoms with E-state index in [2.05, 4.69) is 5.10 Å². The van der Waals surface area contributed by atoms with Gasteiger partial charge in [-0.15, -0.1) is 0 Å². The lowest BCUT2D eigenvalue weighted by Crippen LogP contribution is -2.40. The topological polar surface area (TPSA) is 81.5 Å². The number of rotatable bonds is 6. The Bertz CT molecular complexity index is 1140. The van der Waals surface area contributed by atoms with Crippen molar-refractivity contribution in [3.8, 4) is 5.69 Å². The van der Waals surface area contributed by atoms with Gasteiger partial charge in [-0.3, -0.25) is 9.59 Å². The normalized spacial score (nSPS) is 10.7. The molecule has 3 aromatic rings. The van der Waals surface area contributed by atoms with Gasteiger partial charge in [0.1, 0.15) is 0 Å². The second kappa shape index (κ2) is 9.57. The van der Waals surface area contributed by atoms with Gasteiger partial charge in [-0.25, -0.2) is 9.48 Å². The number of halogens is 1. The molecule has 7 nitrogen and oxygen atoms in total. The van der Waals surface area contributed by atoms with Crippen LogP contribution < -0.4 is 10.3 Å². The first-order valence-corrected chi connectivity index (χ1v) is 10.1. The van der Waals surface area contributed by atoms with Crippen LogP contribution in [0, 0.1) is 6.92 Å². The van der Waals surface area contributed by atoms with E-state index in [1.165, 1.54) is 15.6 Å². The molecule has 0 saturated carbocycles. The minimum absolute atomic E-state index is 0.145. The molecule has 160 valence electrons. The minimum atomic E-state index is -0.960. The lowest BCUT2D eigenvalue weighted by molar-refractivity contribution is -0.122. The highest BCUT2D eigenvalue weighted by Gasteiger charge is 2.23. The number of anilines is 1. The van der Waals surface area contributed by atoms with E-state index in [-0.39, 0.29) is 6.04 Å². The zero-order chi connectivity index (χ0) is 22.5. The molecule has 1 heterocycles. The average molecular weight is 440 g/mol. The highest BCUT2D eigenvalue weighted by molar-refractivity contribution is 6.30. The van der Waals surface area contributed by atoms with Crippen LogP contribution in [-0.4, -0.2) is 34.3 Å². The number of carbonyl (C=O) groups excluding carboxylic acids is 2. The van der Waals surface area contributed by atoms with Gasteiger partial charge >= 0.3 is 5.97 Å². The SMILES string of the molecule is Cc1cc(=O)c(C(=O)OCC(=O)N(c2ccccc2)C(C)C)nn1-c1ccc(Cl)cc1. The Balaban J connectivity index is 1.80. The van der Waals surface area contributed by atoms with Crippen molar-refractivity contribution in [3.05, 3.63) is 87.3 Å². The zero-order valence-corrected chi connectivity index (χ0v) is 18.2. The molecule has 3 rings (SSSR count). The number of para-hydroxylation sites is 1. The van der Waals surface area contributed by atoms with E-state index in [0.29, 0.717) is 22.1 Å². The Morgan fingerprint density at radius 3 is 2.35 bits per heavy atom. The van der Waals surface area contributed by atoms with Crippen molar-refractivity contribution in [1.29, 1.82) is 0 Å². The molecule has 0 spiro atoms. The maximum Gasteiger partial charge on any atom is 0.363 e. The highest BCUT2D eigenvalue weighted by Crippen LogP contribution is 2.17. The van der Waals surface area contributed by atoms with Crippen molar-refractivity contribution in [1.82, 2.24) is 9.78 Å². The lowest BCUT2D eigenvalue weighted by atomic mass is 10.2. The standard InChI is InChI=1S/C23H22ClN3O4/c1-15(2)26(18-7-5-4-6-8-18)21(29)14-31-23(30)22-20(28)13-16(3)27(25-22)19-11-9-17(24)10-12-19/h4-13,15H,14H2,1-3H3. The fourth-order valence-corrected chi connectivity index (χ4v) is 3.24. The minimum Gasteiger partial charge on any atom is -0.451 e. The molecule has 0 aliphatic heterocycles. The summed E-state index contributed by atoms with van der Waals surface area (Å²) in [5.41, 5.74) is 0.877. The number of aryl methyl sites for hydroxylation is 1. The van der Waals surface area contributed by atoms with Crippen molar-refractivity contribution >= 4 is 29.2 Å². The predicted octanol–water partition coefficient (Wildman–Crippen LogP) is 3.79. The first-order chi connectivity index (χ1) is 14.8. The number of carbonyl (C=O) groups is 2. The van der Waals surface area contributed by atoms with Crippen LogP contribution in [0.3, 0.4) is 0 Å². The van der Waals surface area contributed by atoms with Crippen molar-refractivity contribution < 1.29 is 14.3 Å². The molecule has 0 bridgehead atoms. The molecule has 1 amide bonds. The molecule has 0 N–H and O–H groups in total. The molecule has 0 fully saturated rings. The summed E-state index contributed by atoms with van der Waals surface area (Å²) in [6.07, 6.45) is 0. The number of nitrogens with zero attached hydrogens (tertiary/aromatic N) is 3. The van der Waals surface area contributed by atoms with E-state index in [9.17, 15) is 14.4 Å². The summed E-state index contributed by atoms with van der Waals surface area (Å²) in [4.78, 5) is 39.1. The molecule has 0 unspecified atom stereocenters. The lowest BCUT2D eigenvalue weighted by Gasteiger charge is -2.26. The van der Waals surface area contributed by atoms with Crippen LogP contribution in [0.2, 0.25) is 5.02 Å². The molecule has 0 saturated heterocycles. The van der Waals surface area contributed by atoms with Crippen molar-refractivity contribution in [2.24, 2.45) is 0 Å². The van der Waals surface area contributed by atoms with Crippen LogP contribution in [0.25, 0.3) is 5.69 Å². The van der Waals surface area contributed by atoms with E-state index in [1.54, 1.807) is 43.3 Å². The average Bonchev–Trinajstić information content (AvgIpc) is 2.73. The second-order valence-electron chi connectivity index (χ2n) is 7.16. The third-order valence-electron chi connectivity index (χ3n) is 4.52. The van der Waals surface area contributed by atoms with Crippen LogP contribution in [0.15, 0.2) is 65.5 Å². The van der Waals surface area contributed by atoms with E-state index in [1.807, 2.05) is 32.0 Å². The molecule has 0 atom stereocenters. The van der Waals surface area contributed by atoms with Gasteiger partial charge in [0.25, 0.3) is 5.91 Å². The van der Waals surface area contributed by atoms with Crippen LogP contribution >= 0.6 is 11.6 Å². The number of esters is 1. The third kappa shape index (κ3) is 5.19. The van der Waals surface area contributed by atoms with E-state index >= 15 is 0 Å². The van der Waals surface area contributed by atoms with Gasteiger partial charge < -0.3 is 9.64 Å². The van der Waals surface area contributed by atoms with Gasteiger partial charge in [-0.05, 0) is 57.2 Å².